The molecule has 3 nitrogen and oxygen atoms in total. The van der Waals surface area contributed by atoms with Crippen molar-refractivity contribution in [3.63, 3.8) is 0 Å². The lowest BCUT2D eigenvalue weighted by Crippen LogP contribution is -2.41. The summed E-state index contributed by atoms with van der Waals surface area (Å²) in [6, 6.07) is 7.81. The van der Waals surface area contributed by atoms with E-state index < -0.39 is 0 Å². The van der Waals surface area contributed by atoms with E-state index in [2.05, 4.69) is 23.1 Å². The number of fused-ring (bicyclic) bond motifs is 1. The number of aliphatic hydroxyl groups is 1. The second-order valence-electron chi connectivity index (χ2n) is 7.95. The van der Waals surface area contributed by atoms with Gasteiger partial charge in [-0.1, -0.05) is 24.6 Å². The van der Waals surface area contributed by atoms with Crippen LogP contribution >= 0.6 is 0 Å². The van der Waals surface area contributed by atoms with Gasteiger partial charge in [0.25, 0.3) is 0 Å². The number of aliphatic hydroxyl groups excluding tert-OH is 1. The molecule has 1 N–H and O–H groups in total. The van der Waals surface area contributed by atoms with Gasteiger partial charge in [-0.15, -0.1) is 0 Å². The molecule has 2 aliphatic heterocycles. The first-order chi connectivity index (χ1) is 11.8. The van der Waals surface area contributed by atoms with Gasteiger partial charge in [-0.05, 0) is 67.6 Å². The molecule has 1 aromatic rings. The minimum absolute atomic E-state index is 0.218. The molecule has 0 amide bonds. The maximum atomic E-state index is 10.6. The summed E-state index contributed by atoms with van der Waals surface area (Å²) in [6.45, 7) is 4.05. The molecule has 0 radical (unpaired) electrons. The second-order valence-corrected chi connectivity index (χ2v) is 7.95. The van der Waals surface area contributed by atoms with Crippen molar-refractivity contribution in [2.45, 2.75) is 63.5 Å². The summed E-state index contributed by atoms with van der Waals surface area (Å²) in [5, 5.41) is 10.6. The first kappa shape index (κ1) is 16.6. The van der Waals surface area contributed by atoms with Crippen molar-refractivity contribution in [2.24, 2.45) is 5.92 Å². The highest BCUT2D eigenvalue weighted by Gasteiger charge is 2.27. The summed E-state index contributed by atoms with van der Waals surface area (Å²) in [7, 11) is 0. The number of benzene rings is 1. The molecule has 1 atom stereocenters. The standard InChI is InChI=1S/C21H31NO2/c23-21(18-8-12-24-13-9-18)15-16-4-5-17-6-10-22(20-2-1-3-20)11-7-19(17)14-16/h4-5,14,18,20-21,23H,1-3,6-13,15H2. The molecule has 3 aliphatic rings. The summed E-state index contributed by atoms with van der Waals surface area (Å²) < 4.78 is 5.42. The van der Waals surface area contributed by atoms with Crippen molar-refractivity contribution in [1.82, 2.24) is 4.90 Å². The highest BCUT2D eigenvalue weighted by atomic mass is 16.5. The number of ether oxygens (including phenoxy) is 1. The Kier molecular flexibility index (Phi) is 5.21. The lowest BCUT2D eigenvalue weighted by Gasteiger charge is -2.36. The van der Waals surface area contributed by atoms with E-state index in [9.17, 15) is 5.11 Å². The Labute approximate surface area is 146 Å². The Morgan fingerprint density at radius 2 is 1.79 bits per heavy atom. The molecule has 1 aromatic carbocycles. The number of rotatable bonds is 4. The van der Waals surface area contributed by atoms with Crippen molar-refractivity contribution in [2.75, 3.05) is 26.3 Å². The van der Waals surface area contributed by atoms with E-state index in [-0.39, 0.29) is 6.10 Å². The van der Waals surface area contributed by atoms with Crippen molar-refractivity contribution < 1.29 is 9.84 Å². The molecule has 1 aliphatic carbocycles. The van der Waals surface area contributed by atoms with E-state index >= 15 is 0 Å². The van der Waals surface area contributed by atoms with Gasteiger partial charge in [-0.3, -0.25) is 4.90 Å². The van der Waals surface area contributed by atoms with Crippen LogP contribution in [0.25, 0.3) is 0 Å². The molecule has 2 fully saturated rings. The van der Waals surface area contributed by atoms with Gasteiger partial charge in [-0.25, -0.2) is 0 Å². The summed E-state index contributed by atoms with van der Waals surface area (Å²) in [5.41, 5.74) is 4.36. The largest absolute Gasteiger partial charge is 0.392 e. The highest BCUT2D eigenvalue weighted by Crippen LogP contribution is 2.28. The molecule has 0 bridgehead atoms. The number of hydrogen-bond acceptors (Lipinski definition) is 3. The molecule has 2 heterocycles. The van der Waals surface area contributed by atoms with E-state index in [0.29, 0.717) is 5.92 Å². The Balaban J connectivity index is 1.39. The molecule has 24 heavy (non-hydrogen) atoms. The van der Waals surface area contributed by atoms with E-state index in [1.807, 2.05) is 0 Å². The van der Waals surface area contributed by atoms with Gasteiger partial charge in [0.15, 0.2) is 0 Å². The van der Waals surface area contributed by atoms with Gasteiger partial charge in [0, 0.05) is 32.3 Å². The van der Waals surface area contributed by atoms with Crippen LogP contribution in [0.5, 0.6) is 0 Å². The Morgan fingerprint density at radius 1 is 1.04 bits per heavy atom. The number of hydrogen-bond donors (Lipinski definition) is 1. The average Bonchev–Trinajstić information content (AvgIpc) is 2.77. The zero-order valence-corrected chi connectivity index (χ0v) is 14.8. The monoisotopic (exact) mass is 329 g/mol. The first-order valence-corrected chi connectivity index (χ1v) is 9.90. The molecule has 1 unspecified atom stereocenters. The summed E-state index contributed by atoms with van der Waals surface area (Å²) >= 11 is 0. The van der Waals surface area contributed by atoms with Gasteiger partial charge < -0.3 is 9.84 Å². The predicted molar refractivity (Wildman–Crippen MR) is 96.3 cm³/mol. The molecular weight excluding hydrogens is 298 g/mol. The van der Waals surface area contributed by atoms with Crippen molar-refractivity contribution in [1.29, 1.82) is 0 Å². The van der Waals surface area contributed by atoms with Gasteiger partial charge in [0.2, 0.25) is 0 Å². The maximum Gasteiger partial charge on any atom is 0.0610 e. The quantitative estimate of drug-likeness (QED) is 0.922. The highest BCUT2D eigenvalue weighted by molar-refractivity contribution is 5.34. The van der Waals surface area contributed by atoms with Crippen LogP contribution < -0.4 is 0 Å². The van der Waals surface area contributed by atoms with E-state index in [1.165, 1.54) is 61.9 Å². The molecule has 1 saturated carbocycles. The SMILES string of the molecule is OC(Cc1ccc2c(c1)CCN(C1CCC1)CC2)C1CCOCC1. The first-order valence-electron chi connectivity index (χ1n) is 9.90. The molecule has 0 aromatic heterocycles. The van der Waals surface area contributed by atoms with Gasteiger partial charge in [0.05, 0.1) is 6.10 Å². The topological polar surface area (TPSA) is 32.7 Å². The Morgan fingerprint density at radius 3 is 2.50 bits per heavy atom. The Bertz CT molecular complexity index is 549. The Hall–Kier alpha value is -0.900. The van der Waals surface area contributed by atoms with Crippen molar-refractivity contribution >= 4 is 0 Å². The van der Waals surface area contributed by atoms with Crippen molar-refractivity contribution in [3.05, 3.63) is 34.9 Å². The zero-order chi connectivity index (χ0) is 16.4. The third kappa shape index (κ3) is 3.68. The summed E-state index contributed by atoms with van der Waals surface area (Å²) in [6.07, 6.45) is 9.17. The van der Waals surface area contributed by atoms with E-state index in [4.69, 9.17) is 4.74 Å². The van der Waals surface area contributed by atoms with Gasteiger partial charge in [-0.2, -0.15) is 0 Å². The zero-order valence-electron chi connectivity index (χ0n) is 14.8. The van der Waals surface area contributed by atoms with E-state index in [1.54, 1.807) is 0 Å². The van der Waals surface area contributed by atoms with Gasteiger partial charge >= 0.3 is 0 Å². The van der Waals surface area contributed by atoms with Crippen LogP contribution in [0.1, 0.15) is 48.8 Å². The summed E-state index contributed by atoms with van der Waals surface area (Å²) in [5.74, 6) is 0.409. The van der Waals surface area contributed by atoms with Crippen LogP contribution in [-0.4, -0.2) is 48.5 Å². The minimum Gasteiger partial charge on any atom is -0.392 e. The molecule has 3 heteroatoms. The maximum absolute atomic E-state index is 10.6. The fourth-order valence-electron chi connectivity index (χ4n) is 4.55. The molecule has 4 rings (SSSR count). The molecular formula is C21H31NO2. The van der Waals surface area contributed by atoms with Crippen molar-refractivity contribution in [3.8, 4) is 0 Å². The average molecular weight is 329 g/mol. The van der Waals surface area contributed by atoms with Crippen LogP contribution in [0.15, 0.2) is 18.2 Å². The van der Waals surface area contributed by atoms with Crippen LogP contribution in [0.2, 0.25) is 0 Å². The van der Waals surface area contributed by atoms with Gasteiger partial charge in [0.1, 0.15) is 0 Å². The molecule has 132 valence electrons. The molecule has 0 spiro atoms. The normalized spacial score (nSPS) is 24.9. The smallest absolute Gasteiger partial charge is 0.0610 e. The lowest BCUT2D eigenvalue weighted by atomic mass is 9.89. The number of nitrogens with zero attached hydrogens (tertiary/aromatic N) is 1. The predicted octanol–water partition coefficient (Wildman–Crippen LogP) is 2.97. The van der Waals surface area contributed by atoms with Crippen LogP contribution in [-0.2, 0) is 24.0 Å². The minimum atomic E-state index is -0.218. The fraction of sp³-hybridized carbons (Fsp3) is 0.714. The van der Waals surface area contributed by atoms with Crippen LogP contribution in [0.4, 0.5) is 0 Å². The third-order valence-electron chi connectivity index (χ3n) is 6.45. The lowest BCUT2D eigenvalue weighted by molar-refractivity contribution is 0.00839. The van der Waals surface area contributed by atoms with E-state index in [0.717, 1.165) is 38.5 Å². The third-order valence-corrected chi connectivity index (χ3v) is 6.45. The fourth-order valence-corrected chi connectivity index (χ4v) is 4.55. The van der Waals surface area contributed by atoms with Crippen LogP contribution in [0, 0.1) is 5.92 Å². The van der Waals surface area contributed by atoms with Crippen LogP contribution in [0.3, 0.4) is 0 Å². The second kappa shape index (κ2) is 7.55. The molecule has 1 saturated heterocycles. The summed E-state index contributed by atoms with van der Waals surface area (Å²) in [4.78, 5) is 2.71.